The average molecular weight is 411 g/mol. The molecule has 0 N–H and O–H groups in total. The summed E-state index contributed by atoms with van der Waals surface area (Å²) in [5, 5.41) is 0.669. The van der Waals surface area contributed by atoms with Crippen LogP contribution >= 0.6 is 0 Å². The highest BCUT2D eigenvalue weighted by atomic mass is 32.2. The molecule has 0 aliphatic carbocycles. The van der Waals surface area contributed by atoms with Crippen molar-refractivity contribution < 1.29 is 13.2 Å². The van der Waals surface area contributed by atoms with E-state index in [9.17, 15) is 13.2 Å². The maximum Gasteiger partial charge on any atom is 0.242 e. The lowest BCUT2D eigenvalue weighted by Gasteiger charge is -2.33. The van der Waals surface area contributed by atoms with E-state index in [4.69, 9.17) is 0 Å². The van der Waals surface area contributed by atoms with Crippen LogP contribution in [0, 0.1) is 0 Å². The number of carbonyl (C=O) groups excluding carboxylic acids is 1. The van der Waals surface area contributed by atoms with Gasteiger partial charge in [-0.1, -0.05) is 48.5 Å². The third kappa shape index (κ3) is 4.08. The van der Waals surface area contributed by atoms with E-state index in [1.807, 2.05) is 59.5 Å². The van der Waals surface area contributed by atoms with Gasteiger partial charge in [0.15, 0.2) is 9.84 Å². The highest BCUT2D eigenvalue weighted by Crippen LogP contribution is 2.28. The van der Waals surface area contributed by atoms with Crippen molar-refractivity contribution in [2.24, 2.45) is 0 Å². The number of aromatic nitrogens is 1. The van der Waals surface area contributed by atoms with Crippen LogP contribution < -0.4 is 0 Å². The van der Waals surface area contributed by atoms with Crippen LogP contribution in [-0.4, -0.2) is 36.4 Å². The summed E-state index contributed by atoms with van der Waals surface area (Å²) in [6, 6.07) is 16.8. The van der Waals surface area contributed by atoms with Gasteiger partial charge in [-0.2, -0.15) is 0 Å². The van der Waals surface area contributed by atoms with Crippen molar-refractivity contribution in [1.82, 2.24) is 9.47 Å². The highest BCUT2D eigenvalue weighted by Gasteiger charge is 2.26. The largest absolute Gasteiger partial charge is 0.338 e. The van der Waals surface area contributed by atoms with Crippen molar-refractivity contribution in [3.8, 4) is 0 Å². The van der Waals surface area contributed by atoms with Crippen molar-refractivity contribution in [1.29, 1.82) is 0 Å². The van der Waals surface area contributed by atoms with Crippen LogP contribution in [0.1, 0.15) is 31.7 Å². The first-order valence-corrected chi connectivity index (χ1v) is 11.7. The quantitative estimate of drug-likeness (QED) is 0.638. The summed E-state index contributed by atoms with van der Waals surface area (Å²) in [4.78, 5) is 15.1. The molecule has 0 saturated carbocycles. The molecule has 0 spiro atoms. The maximum atomic E-state index is 13.2. The second-order valence-corrected chi connectivity index (χ2v) is 9.77. The number of sulfone groups is 1. The molecule has 1 fully saturated rings. The average Bonchev–Trinajstić information content (AvgIpc) is 3.08. The molecule has 1 unspecified atom stereocenters. The van der Waals surface area contributed by atoms with Crippen LogP contribution in [0.4, 0.5) is 0 Å². The summed E-state index contributed by atoms with van der Waals surface area (Å²) in [5.41, 5.74) is 1.53. The van der Waals surface area contributed by atoms with E-state index in [1.54, 1.807) is 10.8 Å². The summed E-state index contributed by atoms with van der Waals surface area (Å²) in [7, 11) is -3.54. The van der Waals surface area contributed by atoms with Gasteiger partial charge in [-0.3, -0.25) is 4.79 Å². The molecule has 4 rings (SSSR count). The zero-order valence-corrected chi connectivity index (χ0v) is 17.4. The maximum absolute atomic E-state index is 13.2. The summed E-state index contributed by atoms with van der Waals surface area (Å²) in [5.74, 6) is -0.0103. The Morgan fingerprint density at radius 2 is 1.76 bits per heavy atom. The van der Waals surface area contributed by atoms with Crippen molar-refractivity contribution in [2.75, 3.05) is 6.54 Å². The van der Waals surface area contributed by atoms with Crippen molar-refractivity contribution >= 4 is 26.6 Å². The normalized spacial score (nSPS) is 17.6. The van der Waals surface area contributed by atoms with Gasteiger partial charge in [0.25, 0.3) is 0 Å². The molecule has 1 aliphatic heterocycles. The summed E-state index contributed by atoms with van der Waals surface area (Å²) in [6.07, 6.45) is 4.84. The van der Waals surface area contributed by atoms with Gasteiger partial charge in [-0.05, 0) is 37.8 Å². The Bertz CT molecular complexity index is 1120. The van der Waals surface area contributed by atoms with E-state index in [2.05, 4.69) is 6.92 Å². The van der Waals surface area contributed by atoms with Gasteiger partial charge in [0, 0.05) is 29.7 Å². The smallest absolute Gasteiger partial charge is 0.242 e. The minimum Gasteiger partial charge on any atom is -0.338 e. The Morgan fingerprint density at radius 3 is 2.52 bits per heavy atom. The molecule has 6 heteroatoms. The lowest BCUT2D eigenvalue weighted by atomic mass is 10.0. The second-order valence-electron chi connectivity index (χ2n) is 7.82. The van der Waals surface area contributed by atoms with E-state index in [-0.39, 0.29) is 29.1 Å². The zero-order chi connectivity index (χ0) is 20.4. The monoisotopic (exact) mass is 410 g/mol. The molecular formula is C23H26N2O3S. The molecular weight excluding hydrogens is 384 g/mol. The number of fused-ring (bicyclic) bond motifs is 1. The lowest BCUT2D eigenvalue weighted by Crippen LogP contribution is -2.43. The van der Waals surface area contributed by atoms with Gasteiger partial charge in [0.2, 0.25) is 5.91 Å². The van der Waals surface area contributed by atoms with E-state index in [0.717, 1.165) is 36.9 Å². The van der Waals surface area contributed by atoms with Crippen molar-refractivity contribution in [2.45, 2.75) is 49.4 Å². The minimum absolute atomic E-state index is 0.0463. The fourth-order valence-corrected chi connectivity index (χ4v) is 5.75. The molecule has 152 valence electrons. The molecule has 5 nitrogen and oxygen atoms in total. The first kappa shape index (κ1) is 19.7. The number of para-hydroxylation sites is 1. The van der Waals surface area contributed by atoms with E-state index < -0.39 is 9.84 Å². The standard InChI is InChI=1S/C23H26N2O3S/c1-18-9-7-8-14-25(18)23(26)16-24-15-22(20-12-5-6-13-21(20)24)29(27,28)17-19-10-3-2-4-11-19/h2-6,10-13,15,18H,7-9,14,16-17H2,1H3. The summed E-state index contributed by atoms with van der Waals surface area (Å²) >= 11 is 0. The molecule has 1 saturated heterocycles. The number of amides is 1. The van der Waals surface area contributed by atoms with Gasteiger partial charge in [0.1, 0.15) is 6.54 Å². The van der Waals surface area contributed by atoms with Crippen molar-refractivity contribution in [3.63, 3.8) is 0 Å². The fraction of sp³-hybridized carbons (Fsp3) is 0.348. The lowest BCUT2D eigenvalue weighted by molar-refractivity contribution is -0.135. The second kappa shape index (κ2) is 8.03. The van der Waals surface area contributed by atoms with Gasteiger partial charge in [0.05, 0.1) is 10.6 Å². The van der Waals surface area contributed by atoms with Crippen molar-refractivity contribution in [3.05, 3.63) is 66.4 Å². The Kier molecular flexibility index (Phi) is 5.46. The molecule has 0 radical (unpaired) electrons. The number of benzene rings is 2. The molecule has 1 aromatic heterocycles. The number of carbonyl (C=O) groups is 1. The molecule has 1 atom stereocenters. The van der Waals surface area contributed by atoms with Gasteiger partial charge < -0.3 is 9.47 Å². The van der Waals surface area contributed by atoms with E-state index in [1.165, 1.54) is 0 Å². The minimum atomic E-state index is -3.54. The Balaban J connectivity index is 1.67. The molecule has 0 bridgehead atoms. The molecule has 2 aromatic carbocycles. The zero-order valence-electron chi connectivity index (χ0n) is 16.6. The number of hydrogen-bond acceptors (Lipinski definition) is 3. The predicted molar refractivity (Wildman–Crippen MR) is 114 cm³/mol. The van der Waals surface area contributed by atoms with E-state index in [0.29, 0.717) is 5.39 Å². The van der Waals surface area contributed by atoms with Gasteiger partial charge >= 0.3 is 0 Å². The Hall–Kier alpha value is -2.60. The highest BCUT2D eigenvalue weighted by molar-refractivity contribution is 7.90. The SMILES string of the molecule is CC1CCCCN1C(=O)Cn1cc(S(=O)(=O)Cc2ccccc2)c2ccccc21. The summed E-state index contributed by atoms with van der Waals surface area (Å²) < 4.78 is 28.1. The first-order chi connectivity index (χ1) is 14.0. The molecule has 2 heterocycles. The number of rotatable bonds is 5. The fourth-order valence-electron chi connectivity index (χ4n) is 4.17. The number of likely N-dealkylation sites (tertiary alicyclic amines) is 1. The van der Waals surface area contributed by atoms with Crippen LogP contribution in [0.15, 0.2) is 65.7 Å². The number of hydrogen-bond donors (Lipinski definition) is 0. The topological polar surface area (TPSA) is 59.4 Å². The Labute approximate surface area is 171 Å². The molecule has 29 heavy (non-hydrogen) atoms. The van der Waals surface area contributed by atoms with Crippen LogP contribution in [-0.2, 0) is 26.9 Å². The van der Waals surface area contributed by atoms with Crippen LogP contribution in [0.2, 0.25) is 0 Å². The molecule has 1 amide bonds. The van der Waals surface area contributed by atoms with Crippen LogP contribution in [0.3, 0.4) is 0 Å². The molecule has 1 aliphatic rings. The van der Waals surface area contributed by atoms with Gasteiger partial charge in [-0.25, -0.2) is 8.42 Å². The number of nitrogens with zero attached hydrogens (tertiary/aromatic N) is 2. The van der Waals surface area contributed by atoms with Crippen LogP contribution in [0.25, 0.3) is 10.9 Å². The van der Waals surface area contributed by atoms with E-state index >= 15 is 0 Å². The third-order valence-electron chi connectivity index (χ3n) is 5.72. The molecule has 3 aromatic rings. The number of piperidine rings is 1. The Morgan fingerprint density at radius 1 is 1.03 bits per heavy atom. The van der Waals surface area contributed by atoms with Gasteiger partial charge in [-0.15, -0.1) is 0 Å². The third-order valence-corrected chi connectivity index (χ3v) is 7.42. The summed E-state index contributed by atoms with van der Waals surface area (Å²) in [6.45, 7) is 3.02. The predicted octanol–water partition coefficient (Wildman–Crippen LogP) is 4.02. The first-order valence-electron chi connectivity index (χ1n) is 10.1. The van der Waals surface area contributed by atoms with Crippen LogP contribution in [0.5, 0.6) is 0 Å².